The van der Waals surface area contributed by atoms with Crippen LogP contribution < -0.4 is 15.2 Å². The van der Waals surface area contributed by atoms with Crippen molar-refractivity contribution >= 4 is 12.4 Å². The molecule has 1 heterocycles. The molecule has 0 radical (unpaired) electrons. The predicted octanol–water partition coefficient (Wildman–Crippen LogP) is 2.44. The Morgan fingerprint density at radius 1 is 1.23 bits per heavy atom. The lowest BCUT2D eigenvalue weighted by Crippen LogP contribution is -2.44. The molecular weight excluding hydrogens is 306 g/mol. The molecule has 0 amide bonds. The minimum absolute atomic E-state index is 0. The van der Waals surface area contributed by atoms with Gasteiger partial charge in [0.05, 0.1) is 26.2 Å². The summed E-state index contributed by atoms with van der Waals surface area (Å²) in [6, 6.07) is 5.72. The third kappa shape index (κ3) is 3.03. The van der Waals surface area contributed by atoms with Gasteiger partial charge in [0.2, 0.25) is 5.89 Å². The Morgan fingerprint density at radius 2 is 1.95 bits per heavy atom. The Balaban J connectivity index is 0.00000176. The molecule has 1 aromatic heterocycles. The van der Waals surface area contributed by atoms with Gasteiger partial charge >= 0.3 is 0 Å². The van der Waals surface area contributed by atoms with E-state index in [1.165, 1.54) is 0 Å². The number of nitrogens with zero attached hydrogens (tertiary/aromatic N) is 2. The van der Waals surface area contributed by atoms with Gasteiger partial charge in [-0.25, -0.2) is 0 Å². The van der Waals surface area contributed by atoms with Crippen LogP contribution in [0.25, 0.3) is 0 Å². The zero-order valence-corrected chi connectivity index (χ0v) is 13.5. The average Bonchev–Trinajstić information content (AvgIpc) is 2.93. The van der Waals surface area contributed by atoms with Crippen LogP contribution in [-0.4, -0.2) is 24.4 Å². The van der Waals surface area contributed by atoms with E-state index in [1.807, 2.05) is 18.2 Å². The number of hydrogen-bond acceptors (Lipinski definition) is 6. The average molecular weight is 326 g/mol. The summed E-state index contributed by atoms with van der Waals surface area (Å²) in [5.74, 6) is 2.56. The molecule has 0 saturated heterocycles. The van der Waals surface area contributed by atoms with Crippen molar-refractivity contribution in [2.24, 2.45) is 5.73 Å². The fourth-order valence-corrected chi connectivity index (χ4v) is 2.48. The first-order valence-corrected chi connectivity index (χ1v) is 6.97. The number of halogens is 1. The van der Waals surface area contributed by atoms with Crippen molar-refractivity contribution in [2.75, 3.05) is 14.2 Å². The first-order chi connectivity index (χ1) is 10.1. The summed E-state index contributed by atoms with van der Waals surface area (Å²) >= 11 is 0. The van der Waals surface area contributed by atoms with Gasteiger partial charge in [-0.3, -0.25) is 0 Å². The minimum atomic E-state index is -0.390. The lowest BCUT2D eigenvalue weighted by atomic mass is 9.77. The molecule has 120 valence electrons. The highest BCUT2D eigenvalue weighted by Crippen LogP contribution is 2.37. The van der Waals surface area contributed by atoms with Gasteiger partial charge < -0.3 is 19.7 Å². The number of rotatable bonds is 5. The molecule has 0 spiro atoms. The molecule has 1 aliphatic carbocycles. The van der Waals surface area contributed by atoms with Crippen LogP contribution in [0.2, 0.25) is 0 Å². The van der Waals surface area contributed by atoms with E-state index in [-0.39, 0.29) is 17.9 Å². The van der Waals surface area contributed by atoms with Crippen molar-refractivity contribution in [3.8, 4) is 11.5 Å². The smallest absolute Gasteiger partial charge is 0.231 e. The molecule has 3 rings (SSSR count). The van der Waals surface area contributed by atoms with Crippen LogP contribution in [-0.2, 0) is 12.0 Å². The predicted molar refractivity (Wildman–Crippen MR) is 83.6 cm³/mol. The fraction of sp³-hybridized carbons (Fsp3) is 0.467. The Morgan fingerprint density at radius 3 is 2.55 bits per heavy atom. The third-order valence-corrected chi connectivity index (χ3v) is 3.96. The summed E-state index contributed by atoms with van der Waals surface area (Å²) in [5.41, 5.74) is 6.82. The van der Waals surface area contributed by atoms with Gasteiger partial charge in [0.1, 0.15) is 0 Å². The van der Waals surface area contributed by atoms with Gasteiger partial charge in [-0.05, 0) is 37.0 Å². The van der Waals surface area contributed by atoms with Crippen LogP contribution in [0, 0.1) is 0 Å². The zero-order chi connectivity index (χ0) is 14.9. The molecule has 0 atom stereocenters. The molecule has 2 N–H and O–H groups in total. The van der Waals surface area contributed by atoms with Crippen molar-refractivity contribution < 1.29 is 14.0 Å². The summed E-state index contributed by atoms with van der Waals surface area (Å²) < 4.78 is 15.8. The van der Waals surface area contributed by atoms with Crippen molar-refractivity contribution in [3.63, 3.8) is 0 Å². The van der Waals surface area contributed by atoms with Crippen molar-refractivity contribution in [1.29, 1.82) is 0 Å². The number of methoxy groups -OCH3 is 2. The lowest BCUT2D eigenvalue weighted by molar-refractivity contribution is 0.229. The first kappa shape index (κ1) is 16.6. The van der Waals surface area contributed by atoms with E-state index >= 15 is 0 Å². The van der Waals surface area contributed by atoms with Gasteiger partial charge in [-0.1, -0.05) is 11.2 Å². The minimum Gasteiger partial charge on any atom is -0.493 e. The quantitative estimate of drug-likeness (QED) is 0.909. The van der Waals surface area contributed by atoms with Crippen LogP contribution >= 0.6 is 12.4 Å². The largest absolute Gasteiger partial charge is 0.493 e. The highest BCUT2D eigenvalue weighted by molar-refractivity contribution is 5.85. The van der Waals surface area contributed by atoms with Crippen LogP contribution in [0.1, 0.15) is 36.5 Å². The number of nitrogens with two attached hydrogens (primary N) is 1. The lowest BCUT2D eigenvalue weighted by Gasteiger charge is -2.34. The normalized spacial score (nSPS) is 15.6. The third-order valence-electron chi connectivity index (χ3n) is 3.96. The standard InChI is InChI=1S/C15H19N3O3.ClH/c1-19-11-5-4-10(8-12(11)20-2)9-13-17-14(18-21-13)15(16)6-3-7-15;/h4-5,8H,3,6-7,9,16H2,1-2H3;1H. The van der Waals surface area contributed by atoms with E-state index in [9.17, 15) is 0 Å². The second-order valence-corrected chi connectivity index (χ2v) is 5.39. The summed E-state index contributed by atoms with van der Waals surface area (Å²) in [6.45, 7) is 0. The Kier molecular flexibility index (Phi) is 4.93. The molecule has 1 aromatic carbocycles. The molecule has 1 fully saturated rings. The number of ether oxygens (including phenoxy) is 2. The van der Waals surface area contributed by atoms with Crippen LogP contribution in [0.5, 0.6) is 11.5 Å². The summed E-state index contributed by atoms with van der Waals surface area (Å²) in [4.78, 5) is 4.42. The Bertz CT molecular complexity index is 641. The summed E-state index contributed by atoms with van der Waals surface area (Å²) in [5, 5.41) is 4.02. The van der Waals surface area contributed by atoms with E-state index in [4.69, 9.17) is 19.7 Å². The molecule has 1 aliphatic rings. The van der Waals surface area contributed by atoms with E-state index in [1.54, 1.807) is 14.2 Å². The van der Waals surface area contributed by atoms with E-state index in [0.717, 1.165) is 24.8 Å². The Labute approximate surface area is 135 Å². The Hall–Kier alpha value is -1.79. The zero-order valence-electron chi connectivity index (χ0n) is 12.7. The molecule has 0 unspecified atom stereocenters. The van der Waals surface area contributed by atoms with Gasteiger partial charge in [-0.2, -0.15) is 4.98 Å². The molecule has 0 aliphatic heterocycles. The van der Waals surface area contributed by atoms with Gasteiger partial charge in [0, 0.05) is 0 Å². The highest BCUT2D eigenvalue weighted by Gasteiger charge is 2.38. The second kappa shape index (κ2) is 6.54. The second-order valence-electron chi connectivity index (χ2n) is 5.39. The van der Waals surface area contributed by atoms with E-state index in [0.29, 0.717) is 29.6 Å². The van der Waals surface area contributed by atoms with Crippen molar-refractivity contribution in [1.82, 2.24) is 10.1 Å². The van der Waals surface area contributed by atoms with Crippen molar-refractivity contribution in [3.05, 3.63) is 35.5 Å². The van der Waals surface area contributed by atoms with E-state index in [2.05, 4.69) is 10.1 Å². The molecule has 7 heteroatoms. The maximum absolute atomic E-state index is 6.19. The van der Waals surface area contributed by atoms with E-state index < -0.39 is 0 Å². The molecule has 22 heavy (non-hydrogen) atoms. The highest BCUT2D eigenvalue weighted by atomic mass is 35.5. The first-order valence-electron chi connectivity index (χ1n) is 6.97. The number of benzene rings is 1. The van der Waals surface area contributed by atoms with Crippen molar-refractivity contribution in [2.45, 2.75) is 31.2 Å². The van der Waals surface area contributed by atoms with Crippen LogP contribution in [0.3, 0.4) is 0 Å². The molecular formula is C15H20ClN3O3. The fourth-order valence-electron chi connectivity index (χ4n) is 2.48. The maximum Gasteiger partial charge on any atom is 0.231 e. The van der Waals surface area contributed by atoms with Gasteiger partial charge in [0.25, 0.3) is 0 Å². The molecule has 0 bridgehead atoms. The molecule has 1 saturated carbocycles. The molecule has 6 nitrogen and oxygen atoms in total. The number of aromatic nitrogens is 2. The summed E-state index contributed by atoms with van der Waals surface area (Å²) in [7, 11) is 3.22. The van der Waals surface area contributed by atoms with Gasteiger partial charge in [0.15, 0.2) is 17.3 Å². The topological polar surface area (TPSA) is 83.4 Å². The SMILES string of the molecule is COc1ccc(Cc2nc(C3(N)CCC3)no2)cc1OC.Cl. The van der Waals surface area contributed by atoms with Gasteiger partial charge in [-0.15, -0.1) is 12.4 Å². The maximum atomic E-state index is 6.19. The number of hydrogen-bond donors (Lipinski definition) is 1. The summed E-state index contributed by atoms with van der Waals surface area (Å²) in [6.07, 6.45) is 3.50. The van der Waals surface area contributed by atoms with Crippen LogP contribution in [0.4, 0.5) is 0 Å². The van der Waals surface area contributed by atoms with Crippen LogP contribution in [0.15, 0.2) is 22.7 Å². The molecule has 2 aromatic rings. The monoisotopic (exact) mass is 325 g/mol.